The number of aryl methyl sites for hydroxylation is 1. The molecule has 188 valence electrons. The highest BCUT2D eigenvalue weighted by molar-refractivity contribution is 6.83. The SMILES string of the molecule is CCOC(=O)C1=NN(c2ccc([N+](=O)[O-])cc2[N+](=O)[O-])C(=O)C1=Nc1ccc(N(CC)CC)cc1C. The number of benzene rings is 2. The number of carbonyl (C=O) groups is 2. The van der Waals surface area contributed by atoms with Gasteiger partial charge in [0.15, 0.2) is 5.71 Å². The number of hydrogen-bond acceptors (Lipinski definition) is 10. The molecule has 2 aromatic carbocycles. The predicted molar refractivity (Wildman–Crippen MR) is 133 cm³/mol. The van der Waals surface area contributed by atoms with E-state index in [-0.39, 0.29) is 18.0 Å². The average molecular weight is 496 g/mol. The Morgan fingerprint density at radius 2 is 1.78 bits per heavy atom. The topological polar surface area (TPSA) is 161 Å². The van der Waals surface area contributed by atoms with Crippen molar-refractivity contribution < 1.29 is 24.2 Å². The summed E-state index contributed by atoms with van der Waals surface area (Å²) in [5, 5.41) is 27.3. The number of aliphatic imine (C=N–C) groups is 1. The van der Waals surface area contributed by atoms with Gasteiger partial charge >= 0.3 is 11.7 Å². The van der Waals surface area contributed by atoms with Crippen LogP contribution in [0, 0.1) is 27.2 Å². The van der Waals surface area contributed by atoms with Crippen molar-refractivity contribution in [1.82, 2.24) is 0 Å². The molecule has 1 heterocycles. The van der Waals surface area contributed by atoms with Crippen LogP contribution in [-0.4, -0.2) is 52.8 Å². The van der Waals surface area contributed by atoms with Gasteiger partial charge in [-0.1, -0.05) is 0 Å². The quantitative estimate of drug-likeness (QED) is 0.288. The van der Waals surface area contributed by atoms with Crippen molar-refractivity contribution in [3.63, 3.8) is 0 Å². The average Bonchev–Trinajstić information content (AvgIpc) is 3.17. The Morgan fingerprint density at radius 1 is 1.08 bits per heavy atom. The molecule has 1 aliphatic heterocycles. The first-order valence-corrected chi connectivity index (χ1v) is 11.1. The van der Waals surface area contributed by atoms with E-state index in [2.05, 4.69) is 15.0 Å². The molecule has 36 heavy (non-hydrogen) atoms. The number of esters is 1. The van der Waals surface area contributed by atoms with Crippen molar-refractivity contribution in [2.24, 2.45) is 10.1 Å². The van der Waals surface area contributed by atoms with Crippen molar-refractivity contribution in [3.8, 4) is 0 Å². The number of amides is 1. The minimum absolute atomic E-state index is 0.00536. The molecular formula is C23H24N6O7. The summed E-state index contributed by atoms with van der Waals surface area (Å²) in [6.07, 6.45) is 0. The van der Waals surface area contributed by atoms with Crippen LogP contribution in [0.3, 0.4) is 0 Å². The van der Waals surface area contributed by atoms with Gasteiger partial charge in [0.1, 0.15) is 5.69 Å². The molecule has 0 fully saturated rings. The number of nitro benzene ring substituents is 2. The second-order valence-electron chi connectivity index (χ2n) is 7.58. The molecule has 0 N–H and O–H groups in total. The second kappa shape index (κ2) is 10.7. The van der Waals surface area contributed by atoms with Gasteiger partial charge in [0.25, 0.3) is 11.6 Å². The smallest absolute Gasteiger partial charge is 0.361 e. The molecule has 0 aliphatic carbocycles. The van der Waals surface area contributed by atoms with Crippen molar-refractivity contribution in [1.29, 1.82) is 0 Å². The first-order valence-electron chi connectivity index (χ1n) is 11.1. The van der Waals surface area contributed by atoms with Gasteiger partial charge in [-0.05, 0) is 57.5 Å². The standard InChI is InChI=1S/C23H24N6O7/c1-5-26(6-2)15-8-10-17(14(4)12-15)24-20-21(23(31)36-7-3)25-27(22(20)30)18-11-9-16(28(32)33)13-19(18)29(34)35/h8-13H,5-7H2,1-4H3. The maximum Gasteiger partial charge on any atom is 0.361 e. The Morgan fingerprint density at radius 3 is 2.33 bits per heavy atom. The summed E-state index contributed by atoms with van der Waals surface area (Å²) in [6.45, 7) is 9.01. The van der Waals surface area contributed by atoms with Crippen LogP contribution in [0.15, 0.2) is 46.5 Å². The lowest BCUT2D eigenvalue weighted by atomic mass is 10.1. The van der Waals surface area contributed by atoms with Crippen molar-refractivity contribution in [2.75, 3.05) is 29.6 Å². The van der Waals surface area contributed by atoms with Crippen LogP contribution in [0.4, 0.5) is 28.4 Å². The van der Waals surface area contributed by atoms with E-state index < -0.39 is 38.8 Å². The summed E-state index contributed by atoms with van der Waals surface area (Å²) in [6, 6.07) is 8.16. The number of hydrazone groups is 1. The fourth-order valence-corrected chi connectivity index (χ4v) is 3.62. The number of carbonyl (C=O) groups excluding carboxylic acids is 2. The first kappa shape index (κ1) is 25.9. The predicted octanol–water partition coefficient (Wildman–Crippen LogP) is 3.70. The monoisotopic (exact) mass is 496 g/mol. The van der Waals surface area contributed by atoms with E-state index in [0.29, 0.717) is 16.8 Å². The Hall–Kier alpha value is -4.68. The molecule has 13 nitrogen and oxygen atoms in total. The van der Waals surface area contributed by atoms with E-state index in [1.54, 1.807) is 19.9 Å². The second-order valence-corrected chi connectivity index (χ2v) is 7.58. The molecule has 1 amide bonds. The Kier molecular flexibility index (Phi) is 7.72. The minimum atomic E-state index is -0.936. The normalized spacial score (nSPS) is 14.1. The maximum atomic E-state index is 13.3. The molecule has 0 unspecified atom stereocenters. The van der Waals surface area contributed by atoms with Gasteiger partial charge in [0.2, 0.25) is 5.71 Å². The third-order valence-corrected chi connectivity index (χ3v) is 5.42. The lowest BCUT2D eigenvalue weighted by Gasteiger charge is -2.21. The zero-order chi connectivity index (χ0) is 26.6. The number of hydrogen-bond donors (Lipinski definition) is 0. The summed E-state index contributed by atoms with van der Waals surface area (Å²) < 4.78 is 5.01. The number of anilines is 2. The van der Waals surface area contributed by atoms with Crippen LogP contribution >= 0.6 is 0 Å². The van der Waals surface area contributed by atoms with E-state index in [1.165, 1.54) is 0 Å². The fraction of sp³-hybridized carbons (Fsp3) is 0.304. The highest BCUT2D eigenvalue weighted by atomic mass is 16.6. The summed E-state index contributed by atoms with van der Waals surface area (Å²) in [5.74, 6) is -1.85. The van der Waals surface area contributed by atoms with Crippen LogP contribution < -0.4 is 9.91 Å². The highest BCUT2D eigenvalue weighted by Crippen LogP contribution is 2.34. The van der Waals surface area contributed by atoms with Gasteiger partial charge in [0, 0.05) is 24.8 Å². The molecule has 0 radical (unpaired) electrons. The molecule has 0 bridgehead atoms. The van der Waals surface area contributed by atoms with Gasteiger partial charge < -0.3 is 9.64 Å². The number of ether oxygens (including phenoxy) is 1. The van der Waals surface area contributed by atoms with Gasteiger partial charge in [-0.2, -0.15) is 10.1 Å². The molecular weight excluding hydrogens is 472 g/mol. The lowest BCUT2D eigenvalue weighted by molar-refractivity contribution is -0.393. The van der Waals surface area contributed by atoms with Crippen LogP contribution in [-0.2, 0) is 14.3 Å². The molecule has 0 spiro atoms. The Bertz CT molecular complexity index is 1300. The molecule has 13 heteroatoms. The maximum absolute atomic E-state index is 13.3. The minimum Gasteiger partial charge on any atom is -0.461 e. The molecule has 1 aliphatic rings. The molecule has 3 rings (SSSR count). The first-order chi connectivity index (χ1) is 17.1. The number of non-ortho nitro benzene ring substituents is 1. The third kappa shape index (κ3) is 5.04. The molecule has 0 saturated heterocycles. The van der Waals surface area contributed by atoms with E-state index in [9.17, 15) is 29.8 Å². The van der Waals surface area contributed by atoms with Crippen molar-refractivity contribution >= 4 is 51.7 Å². The number of nitrogens with zero attached hydrogens (tertiary/aromatic N) is 6. The zero-order valence-corrected chi connectivity index (χ0v) is 20.1. The van der Waals surface area contributed by atoms with Gasteiger partial charge in [-0.15, -0.1) is 0 Å². The Labute approximate surface area is 206 Å². The summed E-state index contributed by atoms with van der Waals surface area (Å²) in [7, 11) is 0. The Balaban J connectivity index is 2.12. The van der Waals surface area contributed by atoms with E-state index >= 15 is 0 Å². The van der Waals surface area contributed by atoms with Crippen molar-refractivity contribution in [3.05, 3.63) is 62.2 Å². The summed E-state index contributed by atoms with van der Waals surface area (Å²) >= 11 is 0. The van der Waals surface area contributed by atoms with Crippen LogP contribution in [0.2, 0.25) is 0 Å². The lowest BCUT2D eigenvalue weighted by Crippen LogP contribution is -2.31. The highest BCUT2D eigenvalue weighted by Gasteiger charge is 2.40. The number of nitro groups is 2. The van der Waals surface area contributed by atoms with E-state index in [1.807, 2.05) is 26.0 Å². The molecule has 0 aromatic heterocycles. The summed E-state index contributed by atoms with van der Waals surface area (Å²) in [4.78, 5) is 53.4. The van der Waals surface area contributed by atoms with Crippen LogP contribution in [0.1, 0.15) is 26.3 Å². The largest absolute Gasteiger partial charge is 0.461 e. The fourth-order valence-electron chi connectivity index (χ4n) is 3.62. The van der Waals surface area contributed by atoms with E-state index in [4.69, 9.17) is 4.74 Å². The van der Waals surface area contributed by atoms with Crippen LogP contribution in [0.25, 0.3) is 0 Å². The molecule has 0 saturated carbocycles. The molecule has 2 aromatic rings. The molecule has 0 atom stereocenters. The van der Waals surface area contributed by atoms with Gasteiger partial charge in [-0.3, -0.25) is 25.0 Å². The van der Waals surface area contributed by atoms with Crippen molar-refractivity contribution in [2.45, 2.75) is 27.7 Å². The zero-order valence-electron chi connectivity index (χ0n) is 20.1. The third-order valence-electron chi connectivity index (χ3n) is 5.42. The van der Waals surface area contributed by atoms with Gasteiger partial charge in [-0.25, -0.2) is 9.79 Å². The van der Waals surface area contributed by atoms with Gasteiger partial charge in [0.05, 0.1) is 28.2 Å². The van der Waals surface area contributed by atoms with E-state index in [0.717, 1.165) is 36.5 Å². The number of rotatable bonds is 9. The summed E-state index contributed by atoms with van der Waals surface area (Å²) in [5.41, 5.74) is -0.330. The van der Waals surface area contributed by atoms with Crippen LogP contribution in [0.5, 0.6) is 0 Å².